The Labute approximate surface area is 177 Å². The lowest BCUT2D eigenvalue weighted by Gasteiger charge is -2.29. The zero-order valence-corrected chi connectivity index (χ0v) is 17.8. The van der Waals surface area contributed by atoms with Crippen molar-refractivity contribution in [3.05, 3.63) is 63.1 Å². The topological polar surface area (TPSA) is 70.6 Å². The SMILES string of the molecule is O=C(C[NH+]1CC[NH+](Cc2ccccc2Cl)CC1)N/N=C/c1cc(Br)ccc1O. The van der Waals surface area contributed by atoms with E-state index in [1.807, 2.05) is 18.2 Å². The van der Waals surface area contributed by atoms with E-state index in [1.165, 1.54) is 21.6 Å². The van der Waals surface area contributed by atoms with Crippen LogP contribution in [0.5, 0.6) is 5.75 Å². The number of nitrogens with zero attached hydrogens (tertiary/aromatic N) is 1. The van der Waals surface area contributed by atoms with Gasteiger partial charge in [0.25, 0.3) is 5.91 Å². The molecule has 1 aliphatic heterocycles. The largest absolute Gasteiger partial charge is 0.507 e. The third kappa shape index (κ3) is 6.04. The number of rotatable bonds is 6. The fourth-order valence-corrected chi connectivity index (χ4v) is 3.87. The summed E-state index contributed by atoms with van der Waals surface area (Å²) in [5.41, 5.74) is 4.25. The highest BCUT2D eigenvalue weighted by molar-refractivity contribution is 9.10. The first kappa shape index (κ1) is 20.8. The number of carbonyl (C=O) groups excluding carboxylic acids is 1. The second-order valence-electron chi connectivity index (χ2n) is 6.94. The first-order valence-corrected chi connectivity index (χ1v) is 10.4. The van der Waals surface area contributed by atoms with E-state index in [9.17, 15) is 9.90 Å². The molecule has 4 N–H and O–H groups in total. The van der Waals surface area contributed by atoms with E-state index in [-0.39, 0.29) is 11.7 Å². The maximum absolute atomic E-state index is 12.1. The second-order valence-corrected chi connectivity index (χ2v) is 8.26. The molecule has 0 atom stereocenters. The second kappa shape index (κ2) is 10.0. The molecule has 0 radical (unpaired) electrons. The molecule has 1 amide bonds. The molecule has 0 aromatic heterocycles. The first-order chi connectivity index (χ1) is 13.5. The Morgan fingerprint density at radius 2 is 1.89 bits per heavy atom. The molecular formula is C20H24BrClN4O2+2. The van der Waals surface area contributed by atoms with Crippen LogP contribution in [0, 0.1) is 0 Å². The van der Waals surface area contributed by atoms with Gasteiger partial charge in [0.1, 0.15) is 38.5 Å². The number of phenols is 1. The molecule has 0 unspecified atom stereocenters. The smallest absolute Gasteiger partial charge is 0.295 e. The number of hydrazone groups is 1. The van der Waals surface area contributed by atoms with Crippen LogP contribution in [-0.2, 0) is 11.3 Å². The Hall–Kier alpha value is -1.93. The number of hydrogen-bond acceptors (Lipinski definition) is 3. The van der Waals surface area contributed by atoms with Crippen molar-refractivity contribution < 1.29 is 19.7 Å². The van der Waals surface area contributed by atoms with Gasteiger partial charge in [-0.3, -0.25) is 4.79 Å². The number of piperazine rings is 1. The summed E-state index contributed by atoms with van der Waals surface area (Å²) in [7, 11) is 0. The van der Waals surface area contributed by atoms with Gasteiger partial charge in [-0.1, -0.05) is 45.7 Å². The standard InChI is InChI=1S/C20H22BrClN4O2/c21-17-5-6-19(27)16(11-17)12-23-24-20(28)14-26-9-7-25(8-10-26)13-15-3-1-2-4-18(15)22/h1-6,11-12,27H,7-10,13-14H2,(H,24,28)/p+2/b23-12+. The van der Waals surface area contributed by atoms with E-state index < -0.39 is 0 Å². The number of carbonyl (C=O) groups is 1. The van der Waals surface area contributed by atoms with Crippen molar-refractivity contribution in [1.82, 2.24) is 5.43 Å². The van der Waals surface area contributed by atoms with Gasteiger partial charge in [0.15, 0.2) is 6.54 Å². The summed E-state index contributed by atoms with van der Waals surface area (Å²) in [5, 5.41) is 14.5. The van der Waals surface area contributed by atoms with Gasteiger partial charge < -0.3 is 14.9 Å². The number of phenolic OH excluding ortho intramolecular Hbond substituents is 1. The summed E-state index contributed by atoms with van der Waals surface area (Å²) in [6, 6.07) is 13.0. The Morgan fingerprint density at radius 1 is 1.18 bits per heavy atom. The van der Waals surface area contributed by atoms with Gasteiger partial charge in [-0.05, 0) is 24.3 Å². The maximum Gasteiger partial charge on any atom is 0.295 e. The predicted octanol–water partition coefficient (Wildman–Crippen LogP) is 0.242. The first-order valence-electron chi connectivity index (χ1n) is 9.22. The maximum atomic E-state index is 12.1. The molecule has 2 aromatic rings. The zero-order chi connectivity index (χ0) is 19.9. The van der Waals surface area contributed by atoms with Crippen molar-refractivity contribution in [2.75, 3.05) is 32.7 Å². The van der Waals surface area contributed by atoms with E-state index in [0.717, 1.165) is 42.2 Å². The summed E-state index contributed by atoms with van der Waals surface area (Å²) >= 11 is 9.59. The molecule has 1 fully saturated rings. The molecule has 1 heterocycles. The van der Waals surface area contributed by atoms with Crippen LogP contribution in [0.2, 0.25) is 5.02 Å². The predicted molar refractivity (Wildman–Crippen MR) is 113 cm³/mol. The molecule has 28 heavy (non-hydrogen) atoms. The summed E-state index contributed by atoms with van der Waals surface area (Å²) in [4.78, 5) is 14.9. The third-order valence-electron chi connectivity index (χ3n) is 4.86. The van der Waals surface area contributed by atoms with Crippen molar-refractivity contribution in [1.29, 1.82) is 0 Å². The Morgan fingerprint density at radius 3 is 2.64 bits per heavy atom. The molecule has 0 spiro atoms. The molecule has 3 rings (SSSR count). The average Bonchev–Trinajstić information content (AvgIpc) is 2.68. The van der Waals surface area contributed by atoms with Gasteiger partial charge in [0, 0.05) is 20.6 Å². The van der Waals surface area contributed by atoms with Crippen LogP contribution in [0.15, 0.2) is 52.0 Å². The molecule has 2 aromatic carbocycles. The minimum absolute atomic E-state index is 0.115. The van der Waals surface area contributed by atoms with Crippen molar-refractivity contribution in [2.45, 2.75) is 6.54 Å². The van der Waals surface area contributed by atoms with Crippen LogP contribution in [0.4, 0.5) is 0 Å². The minimum Gasteiger partial charge on any atom is -0.507 e. The molecule has 148 valence electrons. The fourth-order valence-electron chi connectivity index (χ4n) is 3.29. The number of hydrogen-bond donors (Lipinski definition) is 4. The van der Waals surface area contributed by atoms with Crippen molar-refractivity contribution >= 4 is 39.7 Å². The highest BCUT2D eigenvalue weighted by atomic mass is 79.9. The quantitative estimate of drug-likeness (QED) is 0.363. The number of amides is 1. The van der Waals surface area contributed by atoms with Crippen LogP contribution in [0.1, 0.15) is 11.1 Å². The molecule has 0 saturated carbocycles. The number of aromatic hydroxyl groups is 1. The number of nitrogens with one attached hydrogen (secondary N) is 3. The van der Waals surface area contributed by atoms with E-state index in [2.05, 4.69) is 32.5 Å². The number of quaternary nitrogens is 2. The molecule has 1 saturated heterocycles. The highest BCUT2D eigenvalue weighted by Crippen LogP contribution is 2.19. The van der Waals surface area contributed by atoms with E-state index >= 15 is 0 Å². The average molecular weight is 468 g/mol. The summed E-state index contributed by atoms with van der Waals surface area (Å²) in [6.45, 7) is 5.18. The van der Waals surface area contributed by atoms with E-state index in [1.54, 1.807) is 18.2 Å². The Bertz CT molecular complexity index is 854. The molecule has 6 nitrogen and oxygen atoms in total. The number of halogens is 2. The van der Waals surface area contributed by atoms with Crippen LogP contribution < -0.4 is 15.2 Å². The molecular weight excluding hydrogens is 444 g/mol. The monoisotopic (exact) mass is 466 g/mol. The summed E-state index contributed by atoms with van der Waals surface area (Å²) in [6.07, 6.45) is 1.44. The lowest BCUT2D eigenvalue weighted by Crippen LogP contribution is -3.28. The van der Waals surface area contributed by atoms with E-state index in [0.29, 0.717) is 12.1 Å². The molecule has 0 bridgehead atoms. The van der Waals surface area contributed by atoms with Gasteiger partial charge >= 0.3 is 0 Å². The van der Waals surface area contributed by atoms with Gasteiger partial charge in [-0.25, -0.2) is 5.43 Å². The van der Waals surface area contributed by atoms with Crippen molar-refractivity contribution in [3.63, 3.8) is 0 Å². The Kier molecular flexibility index (Phi) is 7.44. The van der Waals surface area contributed by atoms with Crippen LogP contribution in [0.3, 0.4) is 0 Å². The minimum atomic E-state index is -0.129. The molecule has 8 heteroatoms. The van der Waals surface area contributed by atoms with E-state index in [4.69, 9.17) is 11.6 Å². The van der Waals surface area contributed by atoms with Crippen LogP contribution >= 0.6 is 27.5 Å². The lowest BCUT2D eigenvalue weighted by molar-refractivity contribution is -1.02. The summed E-state index contributed by atoms with van der Waals surface area (Å²) in [5.74, 6) is -0.0141. The lowest BCUT2D eigenvalue weighted by atomic mass is 10.2. The van der Waals surface area contributed by atoms with Crippen molar-refractivity contribution in [2.24, 2.45) is 5.10 Å². The van der Waals surface area contributed by atoms with Gasteiger partial charge in [-0.2, -0.15) is 5.10 Å². The van der Waals surface area contributed by atoms with Crippen LogP contribution in [0.25, 0.3) is 0 Å². The fraction of sp³-hybridized carbons (Fsp3) is 0.300. The number of benzene rings is 2. The van der Waals surface area contributed by atoms with Gasteiger partial charge in [0.05, 0.1) is 6.21 Å². The highest BCUT2D eigenvalue weighted by Gasteiger charge is 2.25. The van der Waals surface area contributed by atoms with Crippen molar-refractivity contribution in [3.8, 4) is 5.75 Å². The zero-order valence-electron chi connectivity index (χ0n) is 15.4. The van der Waals surface area contributed by atoms with Gasteiger partial charge in [0.2, 0.25) is 0 Å². The third-order valence-corrected chi connectivity index (χ3v) is 5.72. The van der Waals surface area contributed by atoms with Crippen LogP contribution in [-0.4, -0.2) is 50.0 Å². The normalized spacial score (nSPS) is 19.6. The molecule has 1 aliphatic rings. The Balaban J connectivity index is 1.42. The van der Waals surface area contributed by atoms with Gasteiger partial charge in [-0.15, -0.1) is 0 Å². The summed E-state index contributed by atoms with van der Waals surface area (Å²) < 4.78 is 0.833. The molecule has 0 aliphatic carbocycles.